The van der Waals surface area contributed by atoms with Crippen molar-refractivity contribution >= 4 is 5.78 Å². The fourth-order valence-corrected chi connectivity index (χ4v) is 4.63. The highest BCUT2D eigenvalue weighted by molar-refractivity contribution is 5.99. The van der Waals surface area contributed by atoms with Crippen molar-refractivity contribution < 1.29 is 14.6 Å². The summed E-state index contributed by atoms with van der Waals surface area (Å²) >= 11 is 0. The Labute approximate surface area is 126 Å². The molecule has 3 heteroatoms. The Morgan fingerprint density at radius 2 is 2.10 bits per heavy atom. The quantitative estimate of drug-likeness (QED) is 0.908. The molecule has 2 aliphatic rings. The molecule has 1 N–H and O–H groups in total. The molecule has 0 bridgehead atoms. The van der Waals surface area contributed by atoms with E-state index >= 15 is 0 Å². The first kappa shape index (κ1) is 14.6. The van der Waals surface area contributed by atoms with Crippen molar-refractivity contribution in [3.63, 3.8) is 0 Å². The van der Waals surface area contributed by atoms with E-state index in [9.17, 15) is 9.90 Å². The molecule has 1 aromatic carbocycles. The van der Waals surface area contributed by atoms with Crippen LogP contribution < -0.4 is 4.74 Å². The molecule has 1 aromatic rings. The van der Waals surface area contributed by atoms with Crippen molar-refractivity contribution in [3.05, 3.63) is 29.3 Å². The van der Waals surface area contributed by atoms with Gasteiger partial charge in [-0.15, -0.1) is 0 Å². The van der Waals surface area contributed by atoms with Crippen LogP contribution in [-0.4, -0.2) is 24.6 Å². The molecule has 0 radical (unpaired) electrons. The van der Waals surface area contributed by atoms with E-state index in [4.69, 9.17) is 4.74 Å². The van der Waals surface area contributed by atoms with Crippen LogP contribution in [0.25, 0.3) is 0 Å². The molecule has 0 saturated heterocycles. The monoisotopic (exact) mass is 288 g/mol. The predicted octanol–water partition coefficient (Wildman–Crippen LogP) is 3.34. The summed E-state index contributed by atoms with van der Waals surface area (Å²) in [6.07, 6.45) is 3.71. The number of carbonyl (C=O) groups excluding carboxylic acids is 1. The second-order valence-corrected chi connectivity index (χ2v) is 7.25. The average molecular weight is 288 g/mol. The lowest BCUT2D eigenvalue weighted by Crippen LogP contribution is -2.53. The van der Waals surface area contributed by atoms with E-state index in [2.05, 4.69) is 13.8 Å². The summed E-state index contributed by atoms with van der Waals surface area (Å²) in [5.74, 6) is 1.17. The van der Waals surface area contributed by atoms with E-state index in [1.165, 1.54) is 0 Å². The molecule has 3 rings (SSSR count). The molecule has 0 amide bonds. The van der Waals surface area contributed by atoms with E-state index in [1.54, 1.807) is 7.11 Å². The highest BCUT2D eigenvalue weighted by Gasteiger charge is 2.54. The number of methoxy groups -OCH3 is 1. The van der Waals surface area contributed by atoms with Gasteiger partial charge in [0.1, 0.15) is 5.75 Å². The van der Waals surface area contributed by atoms with Gasteiger partial charge in [0.15, 0.2) is 5.78 Å². The number of Topliss-reactive ketones (excluding diaryl/α,β-unsaturated/α-hetero) is 1. The van der Waals surface area contributed by atoms with E-state index < -0.39 is 0 Å². The van der Waals surface area contributed by atoms with Crippen molar-refractivity contribution in [1.29, 1.82) is 0 Å². The highest BCUT2D eigenvalue weighted by atomic mass is 16.5. The molecule has 1 fully saturated rings. The zero-order chi connectivity index (χ0) is 15.3. The summed E-state index contributed by atoms with van der Waals surface area (Å²) in [5, 5.41) is 10.3. The third-order valence-corrected chi connectivity index (χ3v) is 5.79. The minimum atomic E-state index is -0.292. The highest BCUT2D eigenvalue weighted by Crippen LogP contribution is 2.57. The number of hydrogen-bond donors (Lipinski definition) is 1. The first-order chi connectivity index (χ1) is 9.94. The normalized spacial score (nSPS) is 30.5. The molecular formula is C18H24O3. The minimum absolute atomic E-state index is 0.0808. The van der Waals surface area contributed by atoms with Crippen molar-refractivity contribution in [2.75, 3.05) is 13.7 Å². The molecule has 0 aliphatic heterocycles. The Bertz CT molecular complexity index is 576. The van der Waals surface area contributed by atoms with E-state index in [0.717, 1.165) is 36.1 Å². The lowest BCUT2D eigenvalue weighted by molar-refractivity contribution is -0.00197. The lowest BCUT2D eigenvalue weighted by atomic mass is 9.49. The predicted molar refractivity (Wildman–Crippen MR) is 81.8 cm³/mol. The number of aliphatic hydroxyl groups excluding tert-OH is 1. The number of benzene rings is 1. The minimum Gasteiger partial charge on any atom is -0.497 e. The molecule has 1 saturated carbocycles. The molecule has 3 nitrogen and oxygen atoms in total. The van der Waals surface area contributed by atoms with Gasteiger partial charge in [0.05, 0.1) is 13.7 Å². The van der Waals surface area contributed by atoms with Crippen LogP contribution in [0, 0.1) is 11.3 Å². The second kappa shape index (κ2) is 4.84. The topological polar surface area (TPSA) is 46.5 Å². The molecule has 114 valence electrons. The van der Waals surface area contributed by atoms with Gasteiger partial charge in [-0.3, -0.25) is 4.79 Å². The largest absolute Gasteiger partial charge is 0.497 e. The van der Waals surface area contributed by atoms with Gasteiger partial charge in [0.25, 0.3) is 0 Å². The SMILES string of the molecule is COc1ccc2c(c1)[C@]1(CO)CCCC(C)(C)[C@@H]1CC2=O. The number of hydrogen-bond acceptors (Lipinski definition) is 3. The molecule has 2 atom stereocenters. The van der Waals surface area contributed by atoms with Gasteiger partial charge in [0.2, 0.25) is 0 Å². The van der Waals surface area contributed by atoms with Gasteiger partial charge in [0, 0.05) is 17.4 Å². The molecule has 21 heavy (non-hydrogen) atoms. The second-order valence-electron chi connectivity index (χ2n) is 7.25. The van der Waals surface area contributed by atoms with Crippen LogP contribution in [0.1, 0.15) is 55.5 Å². The first-order valence-electron chi connectivity index (χ1n) is 7.77. The number of carbonyl (C=O) groups is 1. The van der Waals surface area contributed by atoms with Crippen LogP contribution in [0.5, 0.6) is 5.75 Å². The van der Waals surface area contributed by atoms with Crippen LogP contribution in [0.15, 0.2) is 18.2 Å². The van der Waals surface area contributed by atoms with E-state index in [1.807, 2.05) is 18.2 Å². The van der Waals surface area contributed by atoms with E-state index in [-0.39, 0.29) is 29.1 Å². The number of ketones is 1. The molecule has 0 unspecified atom stereocenters. The summed E-state index contributed by atoms with van der Waals surface area (Å²) in [5.41, 5.74) is 1.56. The average Bonchev–Trinajstić information content (AvgIpc) is 2.48. The Morgan fingerprint density at radius 3 is 2.76 bits per heavy atom. The molecule has 0 spiro atoms. The molecular weight excluding hydrogens is 264 g/mol. The Kier molecular flexibility index (Phi) is 3.36. The number of fused-ring (bicyclic) bond motifs is 3. The van der Waals surface area contributed by atoms with Crippen LogP contribution >= 0.6 is 0 Å². The molecule has 2 aliphatic carbocycles. The van der Waals surface area contributed by atoms with Crippen LogP contribution in [-0.2, 0) is 5.41 Å². The third kappa shape index (κ3) is 2.02. The summed E-state index contributed by atoms with van der Waals surface area (Å²) in [6.45, 7) is 4.58. The fraction of sp³-hybridized carbons (Fsp3) is 0.611. The van der Waals surface area contributed by atoms with Gasteiger partial charge in [-0.25, -0.2) is 0 Å². The van der Waals surface area contributed by atoms with Crippen LogP contribution in [0.2, 0.25) is 0 Å². The number of ether oxygens (including phenoxy) is 1. The standard InChI is InChI=1S/C18H24O3/c1-17(2)7-4-8-18(11-19)14-9-12(21-3)5-6-13(14)15(20)10-16(17)18/h5-6,9,16,19H,4,7-8,10-11H2,1-3H3/t16-,18+/m0/s1. The van der Waals surface area contributed by atoms with Gasteiger partial charge in [-0.05, 0) is 47.9 Å². The third-order valence-electron chi connectivity index (χ3n) is 5.79. The smallest absolute Gasteiger partial charge is 0.163 e. The maximum absolute atomic E-state index is 12.6. The fourth-order valence-electron chi connectivity index (χ4n) is 4.63. The number of aliphatic hydroxyl groups is 1. The summed E-state index contributed by atoms with van der Waals surface area (Å²) in [4.78, 5) is 12.6. The van der Waals surface area contributed by atoms with Gasteiger partial charge >= 0.3 is 0 Å². The van der Waals surface area contributed by atoms with Gasteiger partial charge in [-0.1, -0.05) is 20.3 Å². The molecule has 0 heterocycles. The van der Waals surface area contributed by atoms with Crippen LogP contribution in [0.3, 0.4) is 0 Å². The van der Waals surface area contributed by atoms with Crippen molar-refractivity contribution in [1.82, 2.24) is 0 Å². The molecule has 0 aromatic heterocycles. The summed E-state index contributed by atoms with van der Waals surface area (Å²) in [6, 6.07) is 5.68. The van der Waals surface area contributed by atoms with Crippen molar-refractivity contribution in [3.8, 4) is 5.75 Å². The van der Waals surface area contributed by atoms with Crippen LogP contribution in [0.4, 0.5) is 0 Å². The number of rotatable bonds is 2. The summed E-state index contributed by atoms with van der Waals surface area (Å²) < 4.78 is 5.34. The Hall–Kier alpha value is -1.35. The van der Waals surface area contributed by atoms with Crippen molar-refractivity contribution in [2.24, 2.45) is 11.3 Å². The maximum Gasteiger partial charge on any atom is 0.163 e. The maximum atomic E-state index is 12.6. The van der Waals surface area contributed by atoms with Gasteiger partial charge in [-0.2, -0.15) is 0 Å². The van der Waals surface area contributed by atoms with E-state index in [0.29, 0.717) is 6.42 Å². The Balaban J connectivity index is 2.22. The van der Waals surface area contributed by atoms with Gasteiger partial charge < -0.3 is 9.84 Å². The summed E-state index contributed by atoms with van der Waals surface area (Å²) in [7, 11) is 1.64. The Morgan fingerprint density at radius 1 is 1.33 bits per heavy atom. The lowest BCUT2D eigenvalue weighted by Gasteiger charge is -2.54. The zero-order valence-electron chi connectivity index (χ0n) is 13.1. The van der Waals surface area contributed by atoms with Crippen molar-refractivity contribution in [2.45, 2.75) is 44.9 Å². The first-order valence-corrected chi connectivity index (χ1v) is 7.77. The zero-order valence-corrected chi connectivity index (χ0v) is 13.1.